The van der Waals surface area contributed by atoms with Gasteiger partial charge in [0.1, 0.15) is 5.82 Å². The molecule has 0 aromatic heterocycles. The molecule has 1 aliphatic rings. The van der Waals surface area contributed by atoms with Crippen LogP contribution in [-0.2, 0) is 11.3 Å². The second-order valence-electron chi connectivity index (χ2n) is 5.20. The predicted molar refractivity (Wildman–Crippen MR) is 66.4 cm³/mol. The van der Waals surface area contributed by atoms with E-state index in [2.05, 4.69) is 24.8 Å². The summed E-state index contributed by atoms with van der Waals surface area (Å²) in [5, 5.41) is 9.05. The first kappa shape index (κ1) is 13.0. The fourth-order valence-corrected chi connectivity index (χ4v) is 2.19. The molecule has 0 amide bonds. The first-order chi connectivity index (χ1) is 8.53. The Balaban J connectivity index is 2.23. The van der Waals surface area contributed by atoms with Crippen molar-refractivity contribution in [1.29, 1.82) is 5.26 Å². The molecule has 1 fully saturated rings. The maximum atomic E-state index is 13.3. The first-order valence-electron chi connectivity index (χ1n) is 6.04. The number of hydrogen-bond acceptors (Lipinski definition) is 3. The number of halogens is 1. The van der Waals surface area contributed by atoms with Crippen LogP contribution in [0, 0.1) is 17.1 Å². The summed E-state index contributed by atoms with van der Waals surface area (Å²) < 4.78 is 18.7. The van der Waals surface area contributed by atoms with Gasteiger partial charge in [0.05, 0.1) is 24.8 Å². The lowest BCUT2D eigenvalue weighted by Crippen LogP contribution is -2.52. The molecular weight excluding hydrogens is 231 g/mol. The van der Waals surface area contributed by atoms with E-state index in [0.29, 0.717) is 25.3 Å². The molecule has 0 saturated carbocycles. The van der Waals surface area contributed by atoms with E-state index in [-0.39, 0.29) is 11.4 Å². The number of nitriles is 1. The Morgan fingerprint density at radius 2 is 2.28 bits per heavy atom. The van der Waals surface area contributed by atoms with Crippen molar-refractivity contribution in [3.8, 4) is 6.07 Å². The Morgan fingerprint density at radius 1 is 1.50 bits per heavy atom. The molecule has 1 aromatic rings. The summed E-state index contributed by atoms with van der Waals surface area (Å²) in [6, 6.07) is 6.43. The van der Waals surface area contributed by atoms with Crippen LogP contribution < -0.4 is 0 Å². The van der Waals surface area contributed by atoms with Crippen molar-refractivity contribution >= 4 is 0 Å². The van der Waals surface area contributed by atoms with Gasteiger partial charge in [-0.05, 0) is 37.6 Å². The molecular formula is C14H17FN2O. The normalized spacial score (nSPS) is 19.4. The molecule has 96 valence electrons. The lowest BCUT2D eigenvalue weighted by molar-refractivity contribution is -0.0553. The highest BCUT2D eigenvalue weighted by Crippen LogP contribution is 2.23. The first-order valence-corrected chi connectivity index (χ1v) is 6.04. The maximum Gasteiger partial charge on any atom is 0.123 e. The van der Waals surface area contributed by atoms with Crippen LogP contribution in [0.15, 0.2) is 18.2 Å². The number of morpholine rings is 1. The molecule has 0 radical (unpaired) electrons. The quantitative estimate of drug-likeness (QED) is 0.805. The van der Waals surface area contributed by atoms with E-state index < -0.39 is 0 Å². The summed E-state index contributed by atoms with van der Waals surface area (Å²) in [4.78, 5) is 2.23. The van der Waals surface area contributed by atoms with E-state index >= 15 is 0 Å². The third-order valence-electron chi connectivity index (χ3n) is 3.37. The molecule has 18 heavy (non-hydrogen) atoms. The van der Waals surface area contributed by atoms with Crippen LogP contribution in [0.1, 0.15) is 25.0 Å². The Bertz CT molecular complexity index is 479. The molecule has 4 heteroatoms. The average molecular weight is 248 g/mol. The van der Waals surface area contributed by atoms with E-state index in [1.54, 1.807) is 0 Å². The van der Waals surface area contributed by atoms with Crippen molar-refractivity contribution in [3.05, 3.63) is 35.1 Å². The third-order valence-corrected chi connectivity index (χ3v) is 3.37. The fourth-order valence-electron chi connectivity index (χ4n) is 2.19. The van der Waals surface area contributed by atoms with Gasteiger partial charge in [0.25, 0.3) is 0 Å². The Morgan fingerprint density at radius 3 is 2.94 bits per heavy atom. The monoisotopic (exact) mass is 248 g/mol. The van der Waals surface area contributed by atoms with Crippen molar-refractivity contribution in [2.24, 2.45) is 0 Å². The zero-order chi connectivity index (χ0) is 13.2. The van der Waals surface area contributed by atoms with Gasteiger partial charge in [0, 0.05) is 18.6 Å². The molecule has 2 rings (SSSR count). The van der Waals surface area contributed by atoms with Crippen LogP contribution in [0.2, 0.25) is 0 Å². The molecule has 1 aliphatic heterocycles. The molecule has 0 unspecified atom stereocenters. The fraction of sp³-hybridized carbons (Fsp3) is 0.500. The second-order valence-corrected chi connectivity index (χ2v) is 5.20. The third kappa shape index (κ3) is 2.69. The smallest absolute Gasteiger partial charge is 0.123 e. The Kier molecular flexibility index (Phi) is 3.65. The summed E-state index contributed by atoms with van der Waals surface area (Å²) in [7, 11) is 0. The summed E-state index contributed by atoms with van der Waals surface area (Å²) in [6.45, 7) is 6.91. The molecule has 0 aliphatic carbocycles. The lowest BCUT2D eigenvalue weighted by Gasteiger charge is -2.42. The summed E-state index contributed by atoms with van der Waals surface area (Å²) in [5.41, 5.74) is 1.20. The molecule has 1 heterocycles. The van der Waals surface area contributed by atoms with E-state index in [9.17, 15) is 4.39 Å². The number of benzene rings is 1. The van der Waals surface area contributed by atoms with Crippen LogP contribution in [0.5, 0.6) is 0 Å². The van der Waals surface area contributed by atoms with Gasteiger partial charge in [-0.15, -0.1) is 0 Å². The highest BCUT2D eigenvalue weighted by Gasteiger charge is 2.30. The van der Waals surface area contributed by atoms with Crippen LogP contribution in [-0.4, -0.2) is 30.2 Å². The predicted octanol–water partition coefficient (Wildman–Crippen LogP) is 2.31. The van der Waals surface area contributed by atoms with Gasteiger partial charge in [-0.1, -0.05) is 0 Å². The Labute approximate surface area is 107 Å². The largest absolute Gasteiger partial charge is 0.378 e. The molecule has 0 N–H and O–H groups in total. The van der Waals surface area contributed by atoms with Crippen LogP contribution >= 0.6 is 0 Å². The van der Waals surface area contributed by atoms with E-state index in [4.69, 9.17) is 10.00 Å². The SMILES string of the molecule is CC1(C)COCCN1Cc1cc(F)ccc1C#N. The minimum absolute atomic E-state index is 0.0860. The van der Waals surface area contributed by atoms with E-state index in [1.165, 1.54) is 18.2 Å². The standard InChI is InChI=1S/C14H17FN2O/c1-14(2)10-18-6-5-17(14)9-12-7-13(15)4-3-11(12)8-16/h3-4,7H,5-6,9-10H2,1-2H3. The number of nitrogens with zero attached hydrogens (tertiary/aromatic N) is 2. The van der Waals surface area contributed by atoms with Gasteiger partial charge in [-0.25, -0.2) is 4.39 Å². The number of rotatable bonds is 2. The number of ether oxygens (including phenoxy) is 1. The van der Waals surface area contributed by atoms with E-state index in [0.717, 1.165) is 12.1 Å². The molecule has 1 aromatic carbocycles. The van der Waals surface area contributed by atoms with Crippen LogP contribution in [0.25, 0.3) is 0 Å². The van der Waals surface area contributed by atoms with Gasteiger partial charge < -0.3 is 4.74 Å². The molecule has 0 bridgehead atoms. The zero-order valence-electron chi connectivity index (χ0n) is 10.7. The summed E-state index contributed by atoms with van der Waals surface area (Å²) in [5.74, 6) is -0.296. The van der Waals surface area contributed by atoms with Crippen molar-refractivity contribution in [2.45, 2.75) is 25.9 Å². The van der Waals surface area contributed by atoms with Crippen molar-refractivity contribution < 1.29 is 9.13 Å². The number of hydrogen-bond donors (Lipinski definition) is 0. The minimum Gasteiger partial charge on any atom is -0.378 e. The summed E-state index contributed by atoms with van der Waals surface area (Å²) >= 11 is 0. The topological polar surface area (TPSA) is 36.3 Å². The average Bonchev–Trinajstić information content (AvgIpc) is 2.32. The highest BCUT2D eigenvalue weighted by atomic mass is 19.1. The molecule has 0 atom stereocenters. The molecule has 1 saturated heterocycles. The van der Waals surface area contributed by atoms with Crippen LogP contribution in [0.3, 0.4) is 0 Å². The minimum atomic E-state index is -0.296. The van der Waals surface area contributed by atoms with Gasteiger partial charge in [-0.2, -0.15) is 5.26 Å². The van der Waals surface area contributed by atoms with Gasteiger partial charge >= 0.3 is 0 Å². The van der Waals surface area contributed by atoms with Crippen molar-refractivity contribution in [2.75, 3.05) is 19.8 Å². The lowest BCUT2D eigenvalue weighted by atomic mass is 10.00. The second kappa shape index (κ2) is 5.05. The zero-order valence-corrected chi connectivity index (χ0v) is 10.7. The molecule has 3 nitrogen and oxygen atoms in total. The van der Waals surface area contributed by atoms with Gasteiger partial charge in [0.2, 0.25) is 0 Å². The van der Waals surface area contributed by atoms with Crippen LogP contribution in [0.4, 0.5) is 4.39 Å². The van der Waals surface area contributed by atoms with Crippen molar-refractivity contribution in [1.82, 2.24) is 4.90 Å². The van der Waals surface area contributed by atoms with Gasteiger partial charge in [-0.3, -0.25) is 4.90 Å². The molecule has 0 spiro atoms. The maximum absolute atomic E-state index is 13.3. The summed E-state index contributed by atoms with van der Waals surface area (Å²) in [6.07, 6.45) is 0. The Hall–Kier alpha value is -1.44. The van der Waals surface area contributed by atoms with Gasteiger partial charge in [0.15, 0.2) is 0 Å². The van der Waals surface area contributed by atoms with E-state index in [1.807, 2.05) is 0 Å². The van der Waals surface area contributed by atoms with Crippen molar-refractivity contribution in [3.63, 3.8) is 0 Å². The highest BCUT2D eigenvalue weighted by molar-refractivity contribution is 5.37.